The van der Waals surface area contributed by atoms with Gasteiger partial charge in [-0.25, -0.2) is 4.39 Å². The van der Waals surface area contributed by atoms with Crippen molar-refractivity contribution in [1.29, 1.82) is 5.26 Å². The lowest BCUT2D eigenvalue weighted by molar-refractivity contribution is -0.255. The summed E-state index contributed by atoms with van der Waals surface area (Å²) in [6.45, 7) is 4.90. The topological polar surface area (TPSA) is 143 Å². The van der Waals surface area contributed by atoms with Crippen molar-refractivity contribution in [2.24, 2.45) is 22.9 Å². The van der Waals surface area contributed by atoms with Crippen molar-refractivity contribution in [2.75, 3.05) is 26.4 Å². The molecule has 2 fully saturated rings. The van der Waals surface area contributed by atoms with Crippen LogP contribution in [0.15, 0.2) is 139 Å². The zero-order valence-electron chi connectivity index (χ0n) is 38.9. The van der Waals surface area contributed by atoms with Crippen molar-refractivity contribution in [2.45, 2.75) is 94.8 Å². The third kappa shape index (κ3) is 10.3. The smallest absolute Gasteiger partial charge is 0.254 e. The summed E-state index contributed by atoms with van der Waals surface area (Å²) in [7, 11) is 0. The summed E-state index contributed by atoms with van der Waals surface area (Å²) in [5.41, 5.74) is 3.88. The zero-order chi connectivity index (χ0) is 47.7. The van der Waals surface area contributed by atoms with Crippen molar-refractivity contribution >= 4 is 22.4 Å². The van der Waals surface area contributed by atoms with E-state index < -0.39 is 29.9 Å². The number of hydrogen-bond acceptors (Lipinski definition) is 10. The van der Waals surface area contributed by atoms with Gasteiger partial charge in [0.25, 0.3) is 5.91 Å². The lowest BCUT2D eigenvalue weighted by Gasteiger charge is -2.60. The molecule has 1 amide bonds. The fourth-order valence-corrected chi connectivity index (χ4v) is 11.0. The quantitative estimate of drug-likeness (QED) is 0.0470. The normalized spacial score (nSPS) is 24.3. The summed E-state index contributed by atoms with van der Waals surface area (Å²) in [5, 5.41) is 37.0. The van der Waals surface area contributed by atoms with E-state index in [1.807, 2.05) is 42.5 Å². The van der Waals surface area contributed by atoms with Crippen molar-refractivity contribution in [3.63, 3.8) is 0 Å². The number of carbonyl (C=O) groups excluding carboxylic acids is 1. The lowest BCUT2D eigenvalue weighted by atomic mass is 9.55. The number of rotatable bonds is 19. The lowest BCUT2D eigenvalue weighted by Crippen LogP contribution is -2.70. The average molecular weight is 934 g/mol. The van der Waals surface area contributed by atoms with Crippen LogP contribution in [-0.4, -0.2) is 71.3 Å². The highest BCUT2D eigenvalue weighted by Gasteiger charge is 2.65. The maximum atomic E-state index is 15.4. The second-order valence-corrected chi connectivity index (χ2v) is 18.5. The van der Waals surface area contributed by atoms with E-state index in [0.717, 1.165) is 60.4 Å². The highest BCUT2D eigenvalue weighted by molar-refractivity contribution is 6.03. The predicted octanol–water partition coefficient (Wildman–Crippen LogP) is 11.1. The number of aliphatic hydroxyl groups excluding tert-OH is 2. The van der Waals surface area contributed by atoms with Crippen molar-refractivity contribution in [1.82, 2.24) is 4.90 Å². The minimum Gasteiger partial charge on any atom is -0.459 e. The molecule has 12 heteroatoms. The summed E-state index contributed by atoms with van der Waals surface area (Å²) >= 11 is 0. The van der Waals surface area contributed by atoms with Gasteiger partial charge >= 0.3 is 0 Å². The Morgan fingerprint density at radius 3 is 2.41 bits per heavy atom. The summed E-state index contributed by atoms with van der Waals surface area (Å²) in [6.07, 6.45) is 10.5. The molecular formula is C57H60FN3O8. The predicted molar refractivity (Wildman–Crippen MR) is 261 cm³/mol. The monoisotopic (exact) mass is 933 g/mol. The largest absolute Gasteiger partial charge is 0.459 e. The number of benzene rings is 5. The van der Waals surface area contributed by atoms with Gasteiger partial charge in [-0.1, -0.05) is 72.6 Å². The Labute approximate surface area is 403 Å². The van der Waals surface area contributed by atoms with Gasteiger partial charge in [0.05, 0.1) is 36.5 Å². The maximum absolute atomic E-state index is 15.4. The van der Waals surface area contributed by atoms with Crippen LogP contribution in [-0.2, 0) is 20.9 Å². The molecule has 5 aromatic carbocycles. The second-order valence-electron chi connectivity index (χ2n) is 18.5. The Morgan fingerprint density at radius 2 is 1.67 bits per heavy atom. The summed E-state index contributed by atoms with van der Waals surface area (Å²) in [4.78, 5) is 23.5. The van der Waals surface area contributed by atoms with Gasteiger partial charge in [-0.05, 0) is 139 Å². The van der Waals surface area contributed by atoms with Gasteiger partial charge in [0.1, 0.15) is 29.1 Å². The molecule has 4 aliphatic rings. The number of ether oxygens (including phenoxy) is 4. The molecule has 2 heterocycles. The Balaban J connectivity index is 1.26. The minimum absolute atomic E-state index is 0.0166. The summed E-state index contributed by atoms with van der Waals surface area (Å²) < 4.78 is 41.9. The van der Waals surface area contributed by atoms with E-state index in [0.29, 0.717) is 65.5 Å². The number of allylic oxidation sites excluding steroid dienone is 1. The first-order valence-corrected chi connectivity index (χ1v) is 24.4. The molecule has 0 radical (unpaired) electrons. The number of oxime groups is 1. The van der Waals surface area contributed by atoms with Gasteiger partial charge in [-0.3, -0.25) is 4.79 Å². The molecular weight excluding hydrogens is 874 g/mol. The Bertz CT molecular complexity index is 2690. The number of amides is 1. The van der Waals surface area contributed by atoms with Crippen LogP contribution in [0.3, 0.4) is 0 Å². The molecule has 2 aliphatic heterocycles. The molecule has 2 aliphatic carbocycles. The number of unbranched alkanes of at least 4 members (excludes halogenated alkanes) is 2. The van der Waals surface area contributed by atoms with Crippen molar-refractivity contribution in [3.05, 3.63) is 162 Å². The third-order valence-corrected chi connectivity index (χ3v) is 14.2. The van der Waals surface area contributed by atoms with Crippen LogP contribution in [0.5, 0.6) is 17.2 Å². The Morgan fingerprint density at radius 1 is 0.913 bits per heavy atom. The molecule has 5 aromatic rings. The molecule has 1 saturated heterocycles. The number of nitriles is 1. The van der Waals surface area contributed by atoms with E-state index in [4.69, 9.17) is 28.9 Å². The van der Waals surface area contributed by atoms with E-state index >= 15 is 4.79 Å². The van der Waals surface area contributed by atoms with Crippen LogP contribution >= 0.6 is 0 Å². The van der Waals surface area contributed by atoms with Gasteiger partial charge in [-0.15, -0.1) is 6.58 Å². The van der Waals surface area contributed by atoms with E-state index in [9.17, 15) is 19.9 Å². The first-order chi connectivity index (χ1) is 33.8. The van der Waals surface area contributed by atoms with Gasteiger partial charge in [-0.2, -0.15) is 5.26 Å². The summed E-state index contributed by atoms with van der Waals surface area (Å²) in [6, 6.07) is 34.0. The standard InChI is InChI=1S/C57H60FN3O8/c1-2-30-66-57-52(61(37-39-18-23-44(58)24-19-39)56(64)41-20-16-38(36-59)17-21-41)35-50(60-69-53-15-7-10-31-65-53)48-33-43(13-5-8-28-62)47(14-6-9-29-63)54(55(48)57)49-34-46(26-27-51(49)68-57)67-45-25-22-40-11-3-4-12-42(40)32-45/h2-4,11-12,16-27,32-34,43,47,52-55,62-63H,1,5-10,13-15,28-31,35,37H2. The van der Waals surface area contributed by atoms with Crippen LogP contribution in [0.1, 0.15) is 97.2 Å². The van der Waals surface area contributed by atoms with Crippen LogP contribution < -0.4 is 9.47 Å². The zero-order valence-corrected chi connectivity index (χ0v) is 38.9. The molecule has 2 N–H and O–H groups in total. The SMILES string of the molecule is C=CCOC12Oc3ccc(Oc4ccc5ccccc5c4)cc3C3C(CCCCO)C(CCCCO)C=C(C(=NOC4CCCCO4)CC1N(Cc1ccc(F)cc1)C(=O)c1ccc(C#N)cc1)C32. The molecule has 0 aromatic heterocycles. The van der Waals surface area contributed by atoms with E-state index in [1.54, 1.807) is 47.4 Å². The Kier molecular flexibility index (Phi) is 15.2. The van der Waals surface area contributed by atoms with Gasteiger partial charge in [0.2, 0.25) is 12.1 Å². The number of aliphatic hydroxyl groups is 2. The molecule has 9 rings (SSSR count). The van der Waals surface area contributed by atoms with Crippen molar-refractivity contribution in [3.8, 4) is 23.3 Å². The van der Waals surface area contributed by atoms with Gasteiger partial charge < -0.3 is 38.9 Å². The fraction of sp³-hybridized carbons (Fsp3) is 0.386. The molecule has 0 bridgehead atoms. The van der Waals surface area contributed by atoms with E-state index in [2.05, 4.69) is 36.9 Å². The molecule has 11 nitrogen and oxygen atoms in total. The van der Waals surface area contributed by atoms with E-state index in [1.165, 1.54) is 12.1 Å². The number of hydrogen-bond donors (Lipinski definition) is 2. The molecule has 0 spiro atoms. The first-order valence-electron chi connectivity index (χ1n) is 24.4. The minimum atomic E-state index is -1.55. The Hall–Kier alpha value is -6.36. The first kappa shape index (κ1) is 47.7. The van der Waals surface area contributed by atoms with Gasteiger partial charge in [0, 0.05) is 49.6 Å². The van der Waals surface area contributed by atoms with Crippen molar-refractivity contribution < 1.29 is 43.2 Å². The average Bonchev–Trinajstić information content (AvgIpc) is 3.38. The molecule has 358 valence electrons. The highest BCUT2D eigenvalue weighted by Crippen LogP contribution is 2.62. The number of carbonyl (C=O) groups is 1. The highest BCUT2D eigenvalue weighted by atomic mass is 19.1. The van der Waals surface area contributed by atoms with Gasteiger partial charge in [0.15, 0.2) is 0 Å². The van der Waals surface area contributed by atoms with Crippen LogP contribution in [0.2, 0.25) is 0 Å². The molecule has 69 heavy (non-hydrogen) atoms. The van der Waals surface area contributed by atoms with Crippen LogP contribution in [0.4, 0.5) is 4.39 Å². The number of fused-ring (bicyclic) bond motifs is 3. The molecule has 7 unspecified atom stereocenters. The summed E-state index contributed by atoms with van der Waals surface area (Å²) in [5.74, 6) is -1.28. The second kappa shape index (κ2) is 21.9. The third-order valence-electron chi connectivity index (χ3n) is 14.2. The fourth-order valence-electron chi connectivity index (χ4n) is 11.0. The molecule has 7 atom stereocenters. The van der Waals surface area contributed by atoms with Crippen LogP contribution in [0.25, 0.3) is 10.8 Å². The molecule has 1 saturated carbocycles. The number of nitrogens with zero attached hydrogens (tertiary/aromatic N) is 3. The number of halogens is 1. The maximum Gasteiger partial charge on any atom is 0.254 e. The van der Waals surface area contributed by atoms with Crippen LogP contribution in [0, 0.1) is 34.9 Å². The van der Waals surface area contributed by atoms with E-state index in [-0.39, 0.29) is 56.4 Å².